The molecule has 1 saturated heterocycles. The summed E-state index contributed by atoms with van der Waals surface area (Å²) < 4.78 is 4.96. The number of carbonyl (C=O) groups is 2. The van der Waals surface area contributed by atoms with E-state index in [9.17, 15) is 19.7 Å². The number of aromatic nitrogens is 1. The number of nitro benzene ring substituents is 1. The van der Waals surface area contributed by atoms with Crippen LogP contribution < -0.4 is 10.1 Å². The highest BCUT2D eigenvalue weighted by molar-refractivity contribution is 6.04. The minimum atomic E-state index is -0.597. The summed E-state index contributed by atoms with van der Waals surface area (Å²) in [6.07, 6.45) is 0. The highest BCUT2D eigenvalue weighted by Gasteiger charge is 2.20. The van der Waals surface area contributed by atoms with Crippen molar-refractivity contribution in [2.45, 2.75) is 13.5 Å². The lowest BCUT2D eigenvalue weighted by molar-refractivity contribution is -0.385. The number of pyridine rings is 1. The molecule has 158 valence electrons. The van der Waals surface area contributed by atoms with E-state index in [1.165, 1.54) is 25.3 Å². The number of rotatable bonds is 6. The number of hydrogen-bond donors (Lipinski definition) is 1. The zero-order valence-corrected chi connectivity index (χ0v) is 16.8. The van der Waals surface area contributed by atoms with Crippen LogP contribution in [0.5, 0.6) is 5.75 Å². The second-order valence-electron chi connectivity index (χ2n) is 6.89. The third kappa shape index (κ3) is 5.09. The van der Waals surface area contributed by atoms with Gasteiger partial charge in [0, 0.05) is 51.3 Å². The molecule has 1 aliphatic rings. The maximum Gasteiger partial charge on any atom is 0.311 e. The molecule has 0 bridgehead atoms. The summed E-state index contributed by atoms with van der Waals surface area (Å²) in [6, 6.07) is 9.34. The van der Waals surface area contributed by atoms with Crippen molar-refractivity contribution >= 4 is 23.3 Å². The van der Waals surface area contributed by atoms with Gasteiger partial charge in [0.25, 0.3) is 5.91 Å². The number of nitro groups is 1. The fourth-order valence-corrected chi connectivity index (χ4v) is 3.25. The lowest BCUT2D eigenvalue weighted by Gasteiger charge is -2.33. The fourth-order valence-electron chi connectivity index (χ4n) is 3.25. The van der Waals surface area contributed by atoms with Crippen LogP contribution in [0, 0.1) is 10.1 Å². The van der Waals surface area contributed by atoms with E-state index in [4.69, 9.17) is 4.74 Å². The molecule has 1 N–H and O–H groups in total. The second kappa shape index (κ2) is 9.31. The molecule has 0 aliphatic carbocycles. The summed E-state index contributed by atoms with van der Waals surface area (Å²) in [5.41, 5.74) is 0.636. The Hall–Kier alpha value is -3.53. The van der Waals surface area contributed by atoms with Crippen molar-refractivity contribution < 1.29 is 19.2 Å². The van der Waals surface area contributed by atoms with E-state index in [1.54, 1.807) is 19.1 Å². The first-order valence-electron chi connectivity index (χ1n) is 9.45. The van der Waals surface area contributed by atoms with Gasteiger partial charge in [-0.15, -0.1) is 0 Å². The van der Waals surface area contributed by atoms with Gasteiger partial charge < -0.3 is 15.0 Å². The van der Waals surface area contributed by atoms with E-state index in [-0.39, 0.29) is 22.9 Å². The van der Waals surface area contributed by atoms with Crippen LogP contribution in [0.25, 0.3) is 0 Å². The van der Waals surface area contributed by atoms with Crippen LogP contribution in [-0.4, -0.2) is 64.8 Å². The summed E-state index contributed by atoms with van der Waals surface area (Å²) >= 11 is 0. The van der Waals surface area contributed by atoms with E-state index in [0.29, 0.717) is 25.5 Å². The maximum absolute atomic E-state index is 12.5. The van der Waals surface area contributed by atoms with Crippen LogP contribution >= 0.6 is 0 Å². The molecule has 0 saturated carbocycles. The molecule has 3 rings (SSSR count). The first kappa shape index (κ1) is 21.2. The van der Waals surface area contributed by atoms with Gasteiger partial charge in [-0.1, -0.05) is 6.07 Å². The highest BCUT2D eigenvalue weighted by atomic mass is 16.6. The van der Waals surface area contributed by atoms with Crippen LogP contribution in [-0.2, 0) is 11.3 Å². The van der Waals surface area contributed by atoms with Crippen molar-refractivity contribution in [2.24, 2.45) is 0 Å². The van der Waals surface area contributed by atoms with Crippen LogP contribution in [0.3, 0.4) is 0 Å². The quantitative estimate of drug-likeness (QED) is 0.568. The molecule has 0 unspecified atom stereocenters. The third-order valence-electron chi connectivity index (χ3n) is 4.89. The molecule has 10 heteroatoms. The molecule has 1 aromatic heterocycles. The third-order valence-corrected chi connectivity index (χ3v) is 4.89. The summed E-state index contributed by atoms with van der Waals surface area (Å²) in [4.78, 5) is 43.0. The second-order valence-corrected chi connectivity index (χ2v) is 6.89. The van der Waals surface area contributed by atoms with E-state index in [1.807, 2.05) is 11.0 Å². The van der Waals surface area contributed by atoms with Crippen LogP contribution in [0.15, 0.2) is 36.4 Å². The number of benzene rings is 1. The Morgan fingerprint density at radius 2 is 1.93 bits per heavy atom. The molecule has 2 amide bonds. The number of nitrogens with zero attached hydrogens (tertiary/aromatic N) is 4. The molecule has 2 aromatic rings. The number of carbonyl (C=O) groups excluding carboxylic acids is 2. The van der Waals surface area contributed by atoms with Crippen molar-refractivity contribution in [3.63, 3.8) is 0 Å². The summed E-state index contributed by atoms with van der Waals surface area (Å²) in [7, 11) is 1.33. The molecule has 10 nitrogen and oxygen atoms in total. The smallest absolute Gasteiger partial charge is 0.311 e. The highest BCUT2D eigenvalue weighted by Crippen LogP contribution is 2.27. The zero-order valence-electron chi connectivity index (χ0n) is 16.8. The Kier molecular flexibility index (Phi) is 6.58. The molecule has 30 heavy (non-hydrogen) atoms. The van der Waals surface area contributed by atoms with Gasteiger partial charge >= 0.3 is 5.69 Å². The van der Waals surface area contributed by atoms with Crippen LogP contribution in [0.4, 0.5) is 11.5 Å². The molecule has 1 fully saturated rings. The monoisotopic (exact) mass is 413 g/mol. The molecule has 1 aliphatic heterocycles. The molecule has 0 spiro atoms. The lowest BCUT2D eigenvalue weighted by Crippen LogP contribution is -2.47. The van der Waals surface area contributed by atoms with Crippen molar-refractivity contribution in [2.75, 3.05) is 38.6 Å². The van der Waals surface area contributed by atoms with Crippen molar-refractivity contribution in [1.82, 2.24) is 14.8 Å². The summed E-state index contributed by atoms with van der Waals surface area (Å²) in [5.74, 6) is 0.0246. The largest absolute Gasteiger partial charge is 0.490 e. The first-order chi connectivity index (χ1) is 14.4. The van der Waals surface area contributed by atoms with Gasteiger partial charge in [-0.3, -0.25) is 24.6 Å². The van der Waals surface area contributed by atoms with Crippen molar-refractivity contribution in [1.29, 1.82) is 0 Å². The van der Waals surface area contributed by atoms with Gasteiger partial charge in [-0.05, 0) is 24.3 Å². The summed E-state index contributed by atoms with van der Waals surface area (Å²) in [6.45, 7) is 5.05. The standard InChI is InChI=1S/C20H23N5O5/c1-14(26)24-10-8-23(9-11-24)13-16-4-3-5-19(21-16)22-20(27)15-6-7-18(30-2)17(12-15)25(28)29/h3-7,12H,8-11,13H2,1-2H3,(H,21,22,27). The predicted molar refractivity (Wildman–Crippen MR) is 109 cm³/mol. The Bertz CT molecular complexity index is 956. The first-order valence-corrected chi connectivity index (χ1v) is 9.45. The van der Waals surface area contributed by atoms with E-state index in [2.05, 4.69) is 15.2 Å². The number of piperazine rings is 1. The fraction of sp³-hybridized carbons (Fsp3) is 0.350. The van der Waals surface area contributed by atoms with E-state index in [0.717, 1.165) is 18.8 Å². The van der Waals surface area contributed by atoms with Crippen LogP contribution in [0.2, 0.25) is 0 Å². The van der Waals surface area contributed by atoms with Gasteiger partial charge in [0.05, 0.1) is 17.7 Å². The van der Waals surface area contributed by atoms with Crippen LogP contribution in [0.1, 0.15) is 23.0 Å². The minimum Gasteiger partial charge on any atom is -0.490 e. The number of methoxy groups -OCH3 is 1. The number of ether oxygens (including phenoxy) is 1. The Balaban J connectivity index is 1.65. The van der Waals surface area contributed by atoms with Crippen molar-refractivity contribution in [3.8, 4) is 5.75 Å². The number of anilines is 1. The average molecular weight is 413 g/mol. The average Bonchev–Trinajstić information content (AvgIpc) is 2.73. The zero-order chi connectivity index (χ0) is 21.7. The van der Waals surface area contributed by atoms with Gasteiger partial charge in [-0.2, -0.15) is 0 Å². The molecule has 0 radical (unpaired) electrons. The minimum absolute atomic E-state index is 0.0799. The summed E-state index contributed by atoms with van der Waals surface area (Å²) in [5, 5.41) is 13.8. The van der Waals surface area contributed by atoms with Gasteiger partial charge in [0.1, 0.15) is 5.82 Å². The molecular formula is C20H23N5O5. The number of amides is 2. The van der Waals surface area contributed by atoms with Gasteiger partial charge in [-0.25, -0.2) is 4.98 Å². The van der Waals surface area contributed by atoms with E-state index >= 15 is 0 Å². The predicted octanol–water partition coefficient (Wildman–Crippen LogP) is 1.91. The van der Waals surface area contributed by atoms with E-state index < -0.39 is 10.8 Å². The van der Waals surface area contributed by atoms with Crippen molar-refractivity contribution in [3.05, 3.63) is 57.8 Å². The maximum atomic E-state index is 12.5. The molecule has 1 aromatic carbocycles. The number of nitrogens with one attached hydrogen (secondary N) is 1. The lowest BCUT2D eigenvalue weighted by atomic mass is 10.1. The molecule has 0 atom stereocenters. The molecule has 2 heterocycles. The van der Waals surface area contributed by atoms with Gasteiger partial charge in [0.15, 0.2) is 5.75 Å². The topological polar surface area (TPSA) is 118 Å². The number of hydrogen-bond acceptors (Lipinski definition) is 7. The normalized spacial score (nSPS) is 14.3. The Labute approximate surface area is 173 Å². The van der Waals surface area contributed by atoms with Gasteiger partial charge in [0.2, 0.25) is 5.91 Å². The Morgan fingerprint density at radius 1 is 1.20 bits per heavy atom. The SMILES string of the molecule is COc1ccc(C(=O)Nc2cccc(CN3CCN(C(C)=O)CC3)n2)cc1[N+](=O)[O-]. The molecular weight excluding hydrogens is 390 g/mol. The Morgan fingerprint density at radius 3 is 2.57 bits per heavy atom.